The van der Waals surface area contributed by atoms with Crippen LogP contribution in [0.3, 0.4) is 0 Å². The number of aryl methyl sites for hydroxylation is 1. The van der Waals surface area contributed by atoms with Gasteiger partial charge in [0.05, 0.1) is 11.0 Å². The smallest absolute Gasteiger partial charge is 0.323 e. The molecule has 3 N–H and O–H groups in total. The van der Waals surface area contributed by atoms with Crippen LogP contribution in [0.5, 0.6) is 0 Å². The molecule has 0 spiro atoms. The second kappa shape index (κ2) is 5.63. The molecule has 0 saturated carbocycles. The lowest BCUT2D eigenvalue weighted by Gasteiger charge is -2.10. The van der Waals surface area contributed by atoms with Crippen molar-refractivity contribution < 1.29 is 0 Å². The Morgan fingerprint density at radius 2 is 1.91 bits per heavy atom. The van der Waals surface area contributed by atoms with Gasteiger partial charge in [-0.25, -0.2) is 14.8 Å². The molecule has 6 nitrogen and oxygen atoms in total. The van der Waals surface area contributed by atoms with Gasteiger partial charge in [0.15, 0.2) is 0 Å². The van der Waals surface area contributed by atoms with Crippen LogP contribution < -0.4 is 11.0 Å². The van der Waals surface area contributed by atoms with Crippen LogP contribution in [-0.4, -0.2) is 19.9 Å². The number of nitrogens with one attached hydrogen (secondary N) is 3. The predicted molar refractivity (Wildman–Crippen MR) is 87.1 cm³/mol. The molecule has 0 saturated heterocycles. The van der Waals surface area contributed by atoms with Crippen LogP contribution in [0, 0.1) is 6.92 Å². The number of nitrogens with zero attached hydrogens (tertiary/aromatic N) is 2. The van der Waals surface area contributed by atoms with E-state index in [4.69, 9.17) is 0 Å². The molecule has 0 aliphatic rings. The summed E-state index contributed by atoms with van der Waals surface area (Å²) in [6.07, 6.45) is 0. The number of H-pyrrole nitrogens is 2. The van der Waals surface area contributed by atoms with E-state index in [9.17, 15) is 4.79 Å². The minimum atomic E-state index is -0.187. The molecule has 114 valence electrons. The first kappa shape index (κ1) is 14.3. The fourth-order valence-electron chi connectivity index (χ4n) is 2.32. The highest BCUT2D eigenvalue weighted by molar-refractivity contribution is 5.75. The Morgan fingerprint density at radius 3 is 2.68 bits per heavy atom. The van der Waals surface area contributed by atoms with Gasteiger partial charge in [-0.2, -0.15) is 0 Å². The summed E-state index contributed by atoms with van der Waals surface area (Å²) < 4.78 is 0. The molecule has 2 aromatic heterocycles. The van der Waals surface area contributed by atoms with Crippen molar-refractivity contribution in [1.29, 1.82) is 0 Å². The normalized spacial score (nSPS) is 11.3. The quantitative estimate of drug-likeness (QED) is 0.691. The molecule has 0 aliphatic heterocycles. The van der Waals surface area contributed by atoms with Gasteiger partial charge in [0.2, 0.25) is 0 Å². The maximum absolute atomic E-state index is 11.3. The number of hydrogen-bond donors (Lipinski definition) is 3. The van der Waals surface area contributed by atoms with E-state index in [2.05, 4.69) is 39.1 Å². The van der Waals surface area contributed by atoms with Crippen molar-refractivity contribution >= 4 is 16.9 Å². The number of aromatic nitrogens is 4. The summed E-state index contributed by atoms with van der Waals surface area (Å²) in [7, 11) is 0. The molecule has 1 aromatic carbocycles. The Morgan fingerprint density at radius 1 is 1.14 bits per heavy atom. The highest BCUT2D eigenvalue weighted by atomic mass is 16.1. The number of hydrogen-bond acceptors (Lipinski definition) is 4. The van der Waals surface area contributed by atoms with Gasteiger partial charge >= 0.3 is 5.69 Å². The third-order valence-corrected chi connectivity index (χ3v) is 3.44. The molecule has 0 amide bonds. The molecule has 22 heavy (non-hydrogen) atoms. The second-order valence-electron chi connectivity index (χ2n) is 5.72. The monoisotopic (exact) mass is 297 g/mol. The molecule has 0 fully saturated rings. The van der Waals surface area contributed by atoms with E-state index in [-0.39, 0.29) is 5.69 Å². The first-order valence-corrected chi connectivity index (χ1v) is 7.31. The van der Waals surface area contributed by atoms with E-state index in [1.54, 1.807) is 0 Å². The summed E-state index contributed by atoms with van der Waals surface area (Å²) in [5.74, 6) is 1.95. The van der Waals surface area contributed by atoms with Crippen molar-refractivity contribution in [2.45, 2.75) is 33.2 Å². The number of benzene rings is 1. The van der Waals surface area contributed by atoms with Crippen molar-refractivity contribution in [2.24, 2.45) is 0 Å². The topological polar surface area (TPSA) is 86.5 Å². The van der Waals surface area contributed by atoms with E-state index in [1.165, 1.54) is 0 Å². The average molecular weight is 297 g/mol. The van der Waals surface area contributed by atoms with Crippen molar-refractivity contribution in [3.63, 3.8) is 0 Å². The van der Waals surface area contributed by atoms with Gasteiger partial charge in [0.1, 0.15) is 11.6 Å². The van der Waals surface area contributed by atoms with Gasteiger partial charge in [-0.05, 0) is 24.6 Å². The Bertz CT molecular complexity index is 862. The third-order valence-electron chi connectivity index (χ3n) is 3.44. The van der Waals surface area contributed by atoms with Crippen LogP contribution in [-0.2, 0) is 6.54 Å². The largest absolute Gasteiger partial charge is 0.366 e. The SMILES string of the molecule is Cc1cc(NCc2ccc3[nH]c(=O)[nH]c3c2)nc(C(C)C)n1. The summed E-state index contributed by atoms with van der Waals surface area (Å²) in [4.78, 5) is 25.7. The number of rotatable bonds is 4. The van der Waals surface area contributed by atoms with Crippen molar-refractivity contribution in [3.05, 3.63) is 51.8 Å². The van der Waals surface area contributed by atoms with E-state index in [0.717, 1.165) is 33.9 Å². The Balaban J connectivity index is 1.79. The molecular formula is C16H19N5O. The van der Waals surface area contributed by atoms with Gasteiger partial charge in [-0.3, -0.25) is 0 Å². The van der Waals surface area contributed by atoms with E-state index in [1.807, 2.05) is 31.2 Å². The number of imidazole rings is 1. The van der Waals surface area contributed by atoms with Crippen LogP contribution in [0.15, 0.2) is 29.1 Å². The maximum atomic E-state index is 11.3. The van der Waals surface area contributed by atoms with E-state index < -0.39 is 0 Å². The number of anilines is 1. The zero-order chi connectivity index (χ0) is 15.7. The van der Waals surface area contributed by atoms with Gasteiger partial charge in [-0.15, -0.1) is 0 Å². The first-order valence-electron chi connectivity index (χ1n) is 7.31. The Hall–Kier alpha value is -2.63. The Kier molecular flexibility index (Phi) is 3.66. The van der Waals surface area contributed by atoms with E-state index in [0.29, 0.717) is 12.5 Å². The lowest BCUT2D eigenvalue weighted by atomic mass is 10.2. The highest BCUT2D eigenvalue weighted by Crippen LogP contribution is 2.15. The van der Waals surface area contributed by atoms with Crippen LogP contribution in [0.4, 0.5) is 5.82 Å². The fourth-order valence-corrected chi connectivity index (χ4v) is 2.32. The predicted octanol–water partition coefficient (Wildman–Crippen LogP) is 2.69. The molecule has 3 aromatic rings. The minimum absolute atomic E-state index is 0.187. The lowest BCUT2D eigenvalue weighted by Crippen LogP contribution is -2.06. The van der Waals surface area contributed by atoms with Crippen LogP contribution in [0.25, 0.3) is 11.0 Å². The second-order valence-corrected chi connectivity index (χ2v) is 5.72. The van der Waals surface area contributed by atoms with Gasteiger partial charge in [0, 0.05) is 24.2 Å². The first-order chi connectivity index (χ1) is 10.5. The zero-order valence-electron chi connectivity index (χ0n) is 12.9. The summed E-state index contributed by atoms with van der Waals surface area (Å²) in [6.45, 7) is 6.76. The van der Waals surface area contributed by atoms with Crippen LogP contribution in [0.1, 0.15) is 36.8 Å². The van der Waals surface area contributed by atoms with Crippen LogP contribution in [0.2, 0.25) is 0 Å². The summed E-state index contributed by atoms with van der Waals surface area (Å²) in [6, 6.07) is 7.77. The Labute approximate surface area is 128 Å². The van der Waals surface area contributed by atoms with Gasteiger partial charge < -0.3 is 15.3 Å². The van der Waals surface area contributed by atoms with Gasteiger partial charge in [-0.1, -0.05) is 19.9 Å². The molecule has 0 radical (unpaired) electrons. The standard InChI is InChI=1S/C16H19N5O/c1-9(2)15-18-10(3)6-14(21-15)17-8-11-4-5-12-13(7-11)20-16(22)19-12/h4-7,9H,8H2,1-3H3,(H,17,18,21)(H2,19,20,22). The maximum Gasteiger partial charge on any atom is 0.323 e. The molecule has 2 heterocycles. The van der Waals surface area contributed by atoms with Crippen molar-refractivity contribution in [2.75, 3.05) is 5.32 Å². The molecule has 0 aliphatic carbocycles. The summed E-state index contributed by atoms with van der Waals surface area (Å²) in [5, 5.41) is 3.32. The molecule has 3 rings (SSSR count). The lowest BCUT2D eigenvalue weighted by molar-refractivity contribution is 0.766. The average Bonchev–Trinajstić information content (AvgIpc) is 2.83. The molecule has 6 heteroatoms. The zero-order valence-corrected chi connectivity index (χ0v) is 12.9. The minimum Gasteiger partial charge on any atom is -0.366 e. The fraction of sp³-hybridized carbons (Fsp3) is 0.312. The molecule has 0 unspecified atom stereocenters. The molecule has 0 atom stereocenters. The van der Waals surface area contributed by atoms with Crippen molar-refractivity contribution in [3.8, 4) is 0 Å². The summed E-state index contributed by atoms with van der Waals surface area (Å²) >= 11 is 0. The summed E-state index contributed by atoms with van der Waals surface area (Å²) in [5.41, 5.74) is 3.46. The van der Waals surface area contributed by atoms with Crippen LogP contribution >= 0.6 is 0 Å². The molecular weight excluding hydrogens is 278 g/mol. The molecule has 0 bridgehead atoms. The van der Waals surface area contributed by atoms with Crippen molar-refractivity contribution in [1.82, 2.24) is 19.9 Å². The van der Waals surface area contributed by atoms with E-state index >= 15 is 0 Å². The number of fused-ring (bicyclic) bond motifs is 1. The third kappa shape index (κ3) is 3.00. The van der Waals surface area contributed by atoms with Gasteiger partial charge in [0.25, 0.3) is 0 Å². The highest BCUT2D eigenvalue weighted by Gasteiger charge is 2.06. The number of aromatic amines is 2.